The van der Waals surface area contributed by atoms with Crippen LogP contribution in [0.15, 0.2) is 0 Å². The lowest BCUT2D eigenvalue weighted by Gasteiger charge is -2.50. The number of esters is 1. The number of hydrogen-bond donors (Lipinski definition) is 0. The number of fused-ring (bicyclic) bond motifs is 1. The lowest BCUT2D eigenvalue weighted by molar-refractivity contribution is -0.168. The first-order chi connectivity index (χ1) is 12.3. The van der Waals surface area contributed by atoms with Crippen LogP contribution < -0.4 is 0 Å². The molecule has 2 aliphatic carbocycles. The van der Waals surface area contributed by atoms with Crippen LogP contribution in [0.4, 0.5) is 0 Å². The van der Waals surface area contributed by atoms with E-state index in [0.717, 1.165) is 38.9 Å². The number of rotatable bonds is 2. The van der Waals surface area contributed by atoms with Crippen LogP contribution in [0.3, 0.4) is 0 Å². The van der Waals surface area contributed by atoms with Crippen LogP contribution in [0.25, 0.3) is 0 Å². The van der Waals surface area contributed by atoms with E-state index < -0.39 is 0 Å². The molecule has 2 saturated carbocycles. The Kier molecular flexibility index (Phi) is 3.81. The van der Waals surface area contributed by atoms with E-state index in [1.807, 2.05) is 0 Å². The van der Waals surface area contributed by atoms with Crippen LogP contribution in [0, 0.1) is 23.7 Å². The molecule has 0 aromatic carbocycles. The van der Waals surface area contributed by atoms with E-state index >= 15 is 0 Å². The summed E-state index contributed by atoms with van der Waals surface area (Å²) in [6.45, 7) is 11.4. The number of carbonyl (C=O) groups excluding carboxylic acids is 1. The first-order valence-electron chi connectivity index (χ1n) is 10.6. The van der Waals surface area contributed by atoms with Gasteiger partial charge in [0.1, 0.15) is 11.7 Å². The van der Waals surface area contributed by atoms with Gasteiger partial charge in [-0.05, 0) is 52.4 Å². The summed E-state index contributed by atoms with van der Waals surface area (Å²) in [5.74, 6) is 1.43. The van der Waals surface area contributed by atoms with Gasteiger partial charge in [0, 0.05) is 31.5 Å². The normalized spacial score (nSPS) is 56.3. The molecule has 0 unspecified atom stereocenters. The smallest absolute Gasteiger partial charge is 0.311 e. The van der Waals surface area contributed by atoms with Crippen LogP contribution in [-0.2, 0) is 19.0 Å². The highest BCUT2D eigenvalue weighted by atomic mass is 16.7. The molecule has 146 valence electrons. The summed E-state index contributed by atoms with van der Waals surface area (Å²) < 4.78 is 18.4. The zero-order valence-electron chi connectivity index (χ0n) is 16.6. The molecule has 5 aliphatic rings. The lowest BCUT2D eigenvalue weighted by Crippen LogP contribution is -2.58. The van der Waals surface area contributed by atoms with Crippen LogP contribution >= 0.6 is 0 Å². The third kappa shape index (κ3) is 2.36. The molecule has 3 aliphatic heterocycles. The SMILES string of the molecule is C[C@@H]1CC[C@H]2[C@H](CN3C[C@H](C)O[C@@H](C)C3)C(=O)O[C@]23[C@H]1CC[C@@]1(C)O[C@@H]31. The Morgan fingerprint density at radius 3 is 2.54 bits per heavy atom. The molecule has 0 N–H and O–H groups in total. The summed E-state index contributed by atoms with van der Waals surface area (Å²) in [5.41, 5.74) is -0.404. The van der Waals surface area contributed by atoms with Crippen molar-refractivity contribution in [3.8, 4) is 0 Å². The van der Waals surface area contributed by atoms with Gasteiger partial charge >= 0.3 is 5.97 Å². The molecule has 9 atom stereocenters. The lowest BCUT2D eigenvalue weighted by atomic mass is 9.55. The molecule has 3 heterocycles. The summed E-state index contributed by atoms with van der Waals surface area (Å²) in [5, 5.41) is 0. The number of ether oxygens (including phenoxy) is 3. The van der Waals surface area contributed by atoms with Crippen molar-refractivity contribution in [2.24, 2.45) is 23.7 Å². The summed E-state index contributed by atoms with van der Waals surface area (Å²) in [7, 11) is 0. The van der Waals surface area contributed by atoms with Gasteiger partial charge in [0.05, 0.1) is 23.7 Å². The number of epoxide rings is 1. The monoisotopic (exact) mass is 363 g/mol. The zero-order chi connectivity index (χ0) is 18.3. The van der Waals surface area contributed by atoms with Gasteiger partial charge < -0.3 is 14.2 Å². The maximum atomic E-state index is 13.1. The van der Waals surface area contributed by atoms with Gasteiger partial charge in [-0.1, -0.05) is 6.92 Å². The summed E-state index contributed by atoms with van der Waals surface area (Å²) in [6.07, 6.45) is 5.14. The highest BCUT2D eigenvalue weighted by Crippen LogP contribution is 2.66. The third-order valence-electron chi connectivity index (χ3n) is 8.04. The van der Waals surface area contributed by atoms with Gasteiger partial charge in [0.2, 0.25) is 0 Å². The summed E-state index contributed by atoms with van der Waals surface area (Å²) in [6, 6.07) is 0. The molecule has 0 aromatic rings. The van der Waals surface area contributed by atoms with Crippen molar-refractivity contribution in [3.63, 3.8) is 0 Å². The molecule has 5 fully saturated rings. The maximum absolute atomic E-state index is 13.1. The van der Waals surface area contributed by atoms with Gasteiger partial charge in [-0.25, -0.2) is 0 Å². The fourth-order valence-electron chi connectivity index (χ4n) is 6.97. The van der Waals surface area contributed by atoms with Gasteiger partial charge in [-0.3, -0.25) is 9.69 Å². The van der Waals surface area contributed by atoms with E-state index in [9.17, 15) is 4.79 Å². The van der Waals surface area contributed by atoms with Crippen molar-refractivity contribution in [1.29, 1.82) is 0 Å². The number of hydrogen-bond acceptors (Lipinski definition) is 5. The summed E-state index contributed by atoms with van der Waals surface area (Å²) in [4.78, 5) is 15.5. The van der Waals surface area contributed by atoms with E-state index in [1.165, 1.54) is 6.42 Å². The van der Waals surface area contributed by atoms with E-state index in [2.05, 4.69) is 32.6 Å². The second-order valence-electron chi connectivity index (χ2n) is 9.97. The number of nitrogens with zero attached hydrogens (tertiary/aromatic N) is 1. The second-order valence-corrected chi connectivity index (χ2v) is 9.97. The zero-order valence-corrected chi connectivity index (χ0v) is 16.6. The molecule has 0 aromatic heterocycles. The predicted molar refractivity (Wildman–Crippen MR) is 96.7 cm³/mol. The Balaban J connectivity index is 1.42. The van der Waals surface area contributed by atoms with Crippen molar-refractivity contribution in [1.82, 2.24) is 4.90 Å². The van der Waals surface area contributed by atoms with Crippen LogP contribution in [-0.4, -0.2) is 60.0 Å². The van der Waals surface area contributed by atoms with Crippen molar-refractivity contribution >= 4 is 5.97 Å². The topological polar surface area (TPSA) is 51.3 Å². The maximum Gasteiger partial charge on any atom is 0.311 e. The molecule has 3 saturated heterocycles. The van der Waals surface area contributed by atoms with E-state index in [-0.39, 0.29) is 41.4 Å². The molecule has 26 heavy (non-hydrogen) atoms. The summed E-state index contributed by atoms with van der Waals surface area (Å²) >= 11 is 0. The van der Waals surface area contributed by atoms with Gasteiger partial charge in [0.25, 0.3) is 0 Å². The molecule has 1 spiro atoms. The molecule has 0 bridgehead atoms. The average molecular weight is 363 g/mol. The molecule has 0 radical (unpaired) electrons. The average Bonchev–Trinajstić information content (AvgIpc) is 3.18. The highest BCUT2D eigenvalue weighted by Gasteiger charge is 2.77. The fourth-order valence-corrected chi connectivity index (χ4v) is 6.97. The van der Waals surface area contributed by atoms with Crippen LogP contribution in [0.2, 0.25) is 0 Å². The first-order valence-corrected chi connectivity index (χ1v) is 10.6. The van der Waals surface area contributed by atoms with E-state index in [1.54, 1.807) is 0 Å². The minimum absolute atomic E-state index is 0.00551. The highest BCUT2D eigenvalue weighted by molar-refractivity contribution is 5.77. The third-order valence-corrected chi connectivity index (χ3v) is 8.04. The van der Waals surface area contributed by atoms with Crippen molar-refractivity contribution < 1.29 is 19.0 Å². The minimum Gasteiger partial charge on any atom is -0.455 e. The van der Waals surface area contributed by atoms with Gasteiger partial charge in [-0.15, -0.1) is 0 Å². The fraction of sp³-hybridized carbons (Fsp3) is 0.952. The van der Waals surface area contributed by atoms with E-state index in [0.29, 0.717) is 17.8 Å². The van der Waals surface area contributed by atoms with Crippen molar-refractivity contribution in [2.45, 2.75) is 82.9 Å². The molecular weight excluding hydrogens is 330 g/mol. The Morgan fingerprint density at radius 2 is 1.81 bits per heavy atom. The standard InChI is InChI=1S/C21H33NO4/c1-12-5-6-17-15(11-22-9-13(2)24-14(3)10-22)18(23)25-21(17)16(12)7-8-20(4)19(21)26-20/h12-17,19H,5-11H2,1-4H3/t12-,13+,14+,15+,16+,17+,19-,20-,21-/m1/s1. The molecular formula is C21H33NO4. The van der Waals surface area contributed by atoms with Gasteiger partial charge in [-0.2, -0.15) is 0 Å². The predicted octanol–water partition coefficient (Wildman–Crippen LogP) is 2.62. The largest absolute Gasteiger partial charge is 0.455 e. The Labute approximate surface area is 156 Å². The Bertz CT molecular complexity index is 601. The number of carbonyl (C=O) groups is 1. The molecule has 5 heteroatoms. The van der Waals surface area contributed by atoms with Crippen molar-refractivity contribution in [3.05, 3.63) is 0 Å². The molecule has 0 amide bonds. The van der Waals surface area contributed by atoms with Crippen molar-refractivity contribution in [2.75, 3.05) is 19.6 Å². The Morgan fingerprint density at radius 1 is 1.08 bits per heavy atom. The van der Waals surface area contributed by atoms with Gasteiger partial charge in [0.15, 0.2) is 0 Å². The minimum atomic E-state index is -0.351. The molecule has 5 nitrogen and oxygen atoms in total. The van der Waals surface area contributed by atoms with Crippen LogP contribution in [0.5, 0.6) is 0 Å². The Hall–Kier alpha value is -0.650. The van der Waals surface area contributed by atoms with E-state index in [4.69, 9.17) is 14.2 Å². The first kappa shape index (κ1) is 17.4. The van der Waals surface area contributed by atoms with Crippen LogP contribution in [0.1, 0.15) is 53.4 Å². The number of morpholine rings is 1. The second kappa shape index (κ2) is 5.68. The quantitative estimate of drug-likeness (QED) is 0.558. The molecule has 5 rings (SSSR count).